The van der Waals surface area contributed by atoms with Crippen LogP contribution in [0.15, 0.2) is 60.7 Å². The van der Waals surface area contributed by atoms with Crippen molar-refractivity contribution in [3.8, 4) is 39.9 Å². The van der Waals surface area contributed by atoms with Gasteiger partial charge in [-0.05, 0) is 61.0 Å². The van der Waals surface area contributed by atoms with Crippen LogP contribution < -0.4 is 23.7 Å². The standard InChI is InChI=1S/C38H38O11/c1-38(2)48-34-30(17-39)46-37(36(35(34)49-38)43-18-20-8-6-5-7-9-20)47-33-22-11-12-25(40)32(22)31(21-10-13-26-29(14-21)45-19-44-26)23-15-27(41-3)28(42-4)16-24(23)33/h5-10,13-16,30,34-37,39H,11-12,17-19H2,1-4H3. The number of benzene rings is 4. The van der Waals surface area contributed by atoms with Crippen molar-refractivity contribution in [3.63, 3.8) is 0 Å². The van der Waals surface area contributed by atoms with Crippen LogP contribution in [0.25, 0.3) is 21.9 Å². The second kappa shape index (κ2) is 12.5. The Kier molecular flexibility index (Phi) is 8.12. The van der Waals surface area contributed by atoms with E-state index in [1.54, 1.807) is 14.2 Å². The zero-order valence-corrected chi connectivity index (χ0v) is 27.7. The number of rotatable bonds is 9. The van der Waals surface area contributed by atoms with Crippen molar-refractivity contribution in [1.82, 2.24) is 0 Å². The first kappa shape index (κ1) is 31.9. The fraction of sp³-hybridized carbons (Fsp3) is 0.395. The molecule has 2 saturated heterocycles. The van der Waals surface area contributed by atoms with E-state index in [2.05, 4.69) is 0 Å². The Balaban J connectivity index is 1.29. The molecule has 49 heavy (non-hydrogen) atoms. The zero-order chi connectivity index (χ0) is 33.9. The van der Waals surface area contributed by atoms with Crippen LogP contribution in [0.3, 0.4) is 0 Å². The highest BCUT2D eigenvalue weighted by molar-refractivity contribution is 6.16. The molecule has 0 bridgehead atoms. The van der Waals surface area contributed by atoms with Gasteiger partial charge in [0.1, 0.15) is 30.2 Å². The fourth-order valence-electron chi connectivity index (χ4n) is 7.37. The normalized spacial score (nSPS) is 24.9. The number of hydrogen-bond acceptors (Lipinski definition) is 11. The van der Waals surface area contributed by atoms with Crippen LogP contribution in [0.4, 0.5) is 0 Å². The lowest BCUT2D eigenvalue weighted by atomic mass is 9.89. The van der Waals surface area contributed by atoms with Gasteiger partial charge in [-0.3, -0.25) is 4.79 Å². The predicted octanol–water partition coefficient (Wildman–Crippen LogP) is 5.58. The van der Waals surface area contributed by atoms with Crippen molar-refractivity contribution < 1.29 is 52.5 Å². The summed E-state index contributed by atoms with van der Waals surface area (Å²) in [6.45, 7) is 3.72. The number of methoxy groups -OCH3 is 2. The lowest BCUT2D eigenvalue weighted by Crippen LogP contribution is -2.59. The van der Waals surface area contributed by atoms with Crippen LogP contribution in [0, 0.1) is 0 Å². The Morgan fingerprint density at radius 3 is 2.35 bits per heavy atom. The van der Waals surface area contributed by atoms with Gasteiger partial charge >= 0.3 is 0 Å². The summed E-state index contributed by atoms with van der Waals surface area (Å²) in [6.07, 6.45) is -2.99. The van der Waals surface area contributed by atoms with Gasteiger partial charge in [0.05, 0.1) is 27.4 Å². The molecule has 0 spiro atoms. The summed E-state index contributed by atoms with van der Waals surface area (Å²) in [5, 5.41) is 11.9. The van der Waals surface area contributed by atoms with Crippen LogP contribution >= 0.6 is 0 Å². The predicted molar refractivity (Wildman–Crippen MR) is 176 cm³/mol. The number of aliphatic hydroxyl groups is 1. The Labute approximate surface area is 283 Å². The second-order valence-corrected chi connectivity index (χ2v) is 13.0. The number of Topliss-reactive ketones (excluding diaryl/α,β-unsaturated/α-hetero) is 1. The molecule has 0 radical (unpaired) electrons. The molecule has 11 heteroatoms. The van der Waals surface area contributed by atoms with Crippen molar-refractivity contribution >= 4 is 16.6 Å². The SMILES string of the molecule is COc1cc2c(OC3OC(CO)C4OC(C)(C)OC4C3OCc3ccccc3)c3c(c(-c4ccc5c(c4)OCO5)c2cc1OC)C(=O)CC3. The number of carbonyl (C=O) groups excluding carboxylic acids is 1. The molecule has 4 aliphatic rings. The number of fused-ring (bicyclic) bond motifs is 4. The minimum atomic E-state index is -1.04. The highest BCUT2D eigenvalue weighted by Crippen LogP contribution is 2.51. The number of ketones is 1. The molecule has 4 aromatic carbocycles. The molecule has 5 atom stereocenters. The van der Waals surface area contributed by atoms with Crippen LogP contribution in [0.2, 0.25) is 0 Å². The molecule has 5 unspecified atom stereocenters. The van der Waals surface area contributed by atoms with Gasteiger partial charge in [-0.25, -0.2) is 0 Å². The fourth-order valence-corrected chi connectivity index (χ4v) is 7.37. The van der Waals surface area contributed by atoms with E-state index in [4.69, 9.17) is 42.6 Å². The second-order valence-electron chi connectivity index (χ2n) is 13.0. The number of hydrogen-bond donors (Lipinski definition) is 1. The highest BCUT2D eigenvalue weighted by Gasteiger charge is 2.56. The lowest BCUT2D eigenvalue weighted by molar-refractivity contribution is -0.267. The van der Waals surface area contributed by atoms with Crippen molar-refractivity contribution in [2.24, 2.45) is 0 Å². The monoisotopic (exact) mass is 670 g/mol. The van der Waals surface area contributed by atoms with E-state index in [0.717, 1.165) is 27.6 Å². The molecule has 0 aromatic heterocycles. The Morgan fingerprint density at radius 1 is 0.857 bits per heavy atom. The van der Waals surface area contributed by atoms with Crippen LogP contribution in [0.5, 0.6) is 28.7 Å². The van der Waals surface area contributed by atoms with Crippen molar-refractivity contribution in [2.45, 2.75) is 69.8 Å². The maximum atomic E-state index is 13.8. The van der Waals surface area contributed by atoms with Gasteiger partial charge < -0.3 is 47.7 Å². The van der Waals surface area contributed by atoms with E-state index in [1.807, 2.05) is 74.5 Å². The van der Waals surface area contributed by atoms with E-state index in [-0.39, 0.29) is 25.8 Å². The summed E-state index contributed by atoms with van der Waals surface area (Å²) in [5.74, 6) is 1.75. The van der Waals surface area contributed by atoms with Crippen molar-refractivity contribution in [1.29, 1.82) is 0 Å². The Morgan fingerprint density at radius 2 is 1.59 bits per heavy atom. The minimum absolute atomic E-state index is 0.00628. The molecule has 11 nitrogen and oxygen atoms in total. The smallest absolute Gasteiger partial charge is 0.231 e. The Bertz CT molecular complexity index is 1910. The van der Waals surface area contributed by atoms with Gasteiger partial charge in [0, 0.05) is 28.5 Å². The van der Waals surface area contributed by atoms with Gasteiger partial charge in [0.2, 0.25) is 13.1 Å². The maximum absolute atomic E-state index is 13.8. The number of ether oxygens (including phenoxy) is 9. The van der Waals surface area contributed by atoms with Gasteiger partial charge in [-0.1, -0.05) is 36.4 Å². The molecule has 1 N–H and O–H groups in total. The first-order valence-corrected chi connectivity index (χ1v) is 16.4. The summed E-state index contributed by atoms with van der Waals surface area (Å²) >= 11 is 0. The molecule has 2 fully saturated rings. The first-order valence-electron chi connectivity index (χ1n) is 16.4. The van der Waals surface area contributed by atoms with Gasteiger partial charge in [-0.15, -0.1) is 0 Å². The average molecular weight is 671 g/mol. The van der Waals surface area contributed by atoms with Gasteiger partial charge in [0.15, 0.2) is 34.6 Å². The van der Waals surface area contributed by atoms with Crippen LogP contribution in [0.1, 0.15) is 41.8 Å². The van der Waals surface area contributed by atoms with E-state index in [9.17, 15) is 9.90 Å². The first-order chi connectivity index (χ1) is 23.8. The third-order valence-corrected chi connectivity index (χ3v) is 9.54. The highest BCUT2D eigenvalue weighted by atomic mass is 16.8. The molecular weight excluding hydrogens is 632 g/mol. The van der Waals surface area contributed by atoms with E-state index >= 15 is 0 Å². The van der Waals surface area contributed by atoms with E-state index in [1.165, 1.54) is 0 Å². The number of carbonyl (C=O) groups is 1. The van der Waals surface area contributed by atoms with Gasteiger partial charge in [-0.2, -0.15) is 0 Å². The van der Waals surface area contributed by atoms with Crippen LogP contribution in [-0.4, -0.2) is 75.0 Å². The molecule has 4 aromatic rings. The quantitative estimate of drug-likeness (QED) is 0.240. The number of aliphatic hydroxyl groups excluding tert-OH is 1. The molecule has 0 amide bonds. The summed E-state index contributed by atoms with van der Waals surface area (Å²) in [5.41, 5.74) is 3.79. The molecule has 256 valence electrons. The Hall–Kier alpha value is -4.39. The largest absolute Gasteiger partial charge is 0.493 e. The minimum Gasteiger partial charge on any atom is -0.493 e. The topological polar surface area (TPSA) is 120 Å². The summed E-state index contributed by atoms with van der Waals surface area (Å²) < 4.78 is 55.3. The lowest BCUT2D eigenvalue weighted by Gasteiger charge is -2.41. The van der Waals surface area contributed by atoms with Gasteiger partial charge in [0.25, 0.3) is 0 Å². The van der Waals surface area contributed by atoms with E-state index in [0.29, 0.717) is 52.5 Å². The maximum Gasteiger partial charge on any atom is 0.231 e. The zero-order valence-electron chi connectivity index (χ0n) is 27.7. The summed E-state index contributed by atoms with van der Waals surface area (Å²) in [4.78, 5) is 13.8. The summed E-state index contributed by atoms with van der Waals surface area (Å²) in [7, 11) is 3.14. The average Bonchev–Trinajstić information content (AvgIpc) is 3.83. The molecule has 0 saturated carbocycles. The van der Waals surface area contributed by atoms with E-state index < -0.39 is 36.5 Å². The molecule has 3 heterocycles. The molecule has 1 aliphatic carbocycles. The van der Waals surface area contributed by atoms with Crippen LogP contribution in [-0.2, 0) is 32.0 Å². The van der Waals surface area contributed by atoms with Crippen molar-refractivity contribution in [2.75, 3.05) is 27.6 Å². The summed E-state index contributed by atoms with van der Waals surface area (Å²) in [6, 6.07) is 19.2. The molecule has 8 rings (SSSR count). The third kappa shape index (κ3) is 5.55. The molecule has 3 aliphatic heterocycles. The molecular formula is C38H38O11. The van der Waals surface area contributed by atoms with Crippen molar-refractivity contribution in [3.05, 3.63) is 77.4 Å². The third-order valence-electron chi connectivity index (χ3n) is 9.54.